The molecular formula is C15H22N2O2. The average Bonchev–Trinajstić information content (AvgIpc) is 2.47. The summed E-state index contributed by atoms with van der Waals surface area (Å²) in [7, 11) is 1.41. The molecule has 1 aromatic carbocycles. The Morgan fingerprint density at radius 1 is 1.53 bits per heavy atom. The summed E-state index contributed by atoms with van der Waals surface area (Å²) in [5, 5.41) is 0. The highest BCUT2D eigenvalue weighted by Gasteiger charge is 2.20. The van der Waals surface area contributed by atoms with Crippen molar-refractivity contribution in [3.05, 3.63) is 29.8 Å². The SMILES string of the molecule is COC(=O)c1cccc(N2CCCC(CCN)C2)c1. The molecule has 0 aromatic heterocycles. The number of carbonyl (C=O) groups excluding carboxylic acids is 1. The van der Waals surface area contributed by atoms with Gasteiger partial charge in [-0.3, -0.25) is 0 Å². The number of carbonyl (C=O) groups is 1. The molecule has 1 aliphatic rings. The molecule has 1 unspecified atom stereocenters. The van der Waals surface area contributed by atoms with Gasteiger partial charge in [0.1, 0.15) is 0 Å². The van der Waals surface area contributed by atoms with Crippen LogP contribution in [0.1, 0.15) is 29.6 Å². The van der Waals surface area contributed by atoms with Gasteiger partial charge in [0.25, 0.3) is 0 Å². The van der Waals surface area contributed by atoms with E-state index >= 15 is 0 Å². The quantitative estimate of drug-likeness (QED) is 0.844. The van der Waals surface area contributed by atoms with Crippen LogP contribution < -0.4 is 10.6 Å². The zero-order valence-electron chi connectivity index (χ0n) is 11.5. The molecule has 104 valence electrons. The molecule has 0 bridgehead atoms. The zero-order valence-corrected chi connectivity index (χ0v) is 11.5. The predicted octanol–water partition coefficient (Wildman–Crippen LogP) is 2.04. The molecule has 4 heteroatoms. The van der Waals surface area contributed by atoms with Crippen LogP contribution in [-0.4, -0.2) is 32.7 Å². The minimum absolute atomic E-state index is 0.280. The Bertz CT molecular complexity index is 432. The number of esters is 1. The lowest BCUT2D eigenvalue weighted by Crippen LogP contribution is -2.36. The van der Waals surface area contributed by atoms with E-state index in [4.69, 9.17) is 10.5 Å². The van der Waals surface area contributed by atoms with E-state index in [0.717, 1.165) is 31.7 Å². The Morgan fingerprint density at radius 3 is 3.11 bits per heavy atom. The molecule has 1 fully saturated rings. The van der Waals surface area contributed by atoms with Crippen LogP contribution in [-0.2, 0) is 4.74 Å². The molecule has 2 rings (SSSR count). The van der Waals surface area contributed by atoms with Gasteiger partial charge in [0.05, 0.1) is 12.7 Å². The lowest BCUT2D eigenvalue weighted by molar-refractivity contribution is 0.0601. The molecule has 1 atom stereocenters. The van der Waals surface area contributed by atoms with Crippen LogP contribution in [0.2, 0.25) is 0 Å². The number of hydrogen-bond acceptors (Lipinski definition) is 4. The third-order valence-corrected chi connectivity index (χ3v) is 3.73. The standard InChI is InChI=1S/C15H22N2O2/c1-19-15(18)13-5-2-6-14(10-13)17-9-3-4-12(11-17)7-8-16/h2,5-6,10,12H,3-4,7-9,11,16H2,1H3. The topological polar surface area (TPSA) is 55.6 Å². The fraction of sp³-hybridized carbons (Fsp3) is 0.533. The highest BCUT2D eigenvalue weighted by molar-refractivity contribution is 5.90. The van der Waals surface area contributed by atoms with Gasteiger partial charge in [0.2, 0.25) is 0 Å². The third kappa shape index (κ3) is 3.47. The van der Waals surface area contributed by atoms with E-state index in [9.17, 15) is 4.79 Å². The molecule has 4 nitrogen and oxygen atoms in total. The molecule has 1 saturated heterocycles. The van der Waals surface area contributed by atoms with Crippen molar-refractivity contribution in [1.29, 1.82) is 0 Å². The van der Waals surface area contributed by atoms with E-state index in [0.29, 0.717) is 11.5 Å². The van der Waals surface area contributed by atoms with Gasteiger partial charge in [-0.05, 0) is 49.9 Å². The van der Waals surface area contributed by atoms with Crippen LogP contribution in [0.3, 0.4) is 0 Å². The van der Waals surface area contributed by atoms with E-state index in [1.165, 1.54) is 20.0 Å². The Labute approximate surface area is 114 Å². The summed E-state index contributed by atoms with van der Waals surface area (Å²) in [6.45, 7) is 2.83. The lowest BCUT2D eigenvalue weighted by Gasteiger charge is -2.34. The second kappa shape index (κ2) is 6.57. The zero-order chi connectivity index (χ0) is 13.7. The summed E-state index contributed by atoms with van der Waals surface area (Å²) >= 11 is 0. The molecule has 0 saturated carbocycles. The first kappa shape index (κ1) is 13.9. The second-order valence-electron chi connectivity index (χ2n) is 5.07. The average molecular weight is 262 g/mol. The van der Waals surface area contributed by atoms with Crippen molar-refractivity contribution in [3.8, 4) is 0 Å². The Morgan fingerprint density at radius 2 is 2.37 bits per heavy atom. The number of nitrogens with zero attached hydrogens (tertiary/aromatic N) is 1. The van der Waals surface area contributed by atoms with E-state index < -0.39 is 0 Å². The largest absolute Gasteiger partial charge is 0.465 e. The van der Waals surface area contributed by atoms with E-state index in [-0.39, 0.29) is 5.97 Å². The maximum Gasteiger partial charge on any atom is 0.337 e. The number of nitrogens with two attached hydrogens (primary N) is 1. The lowest BCUT2D eigenvalue weighted by atomic mass is 9.94. The molecule has 0 spiro atoms. The van der Waals surface area contributed by atoms with E-state index in [1.54, 1.807) is 6.07 Å². The predicted molar refractivity (Wildman–Crippen MR) is 76.4 cm³/mol. The van der Waals surface area contributed by atoms with Crippen LogP contribution in [0, 0.1) is 5.92 Å². The van der Waals surface area contributed by atoms with Crippen molar-refractivity contribution in [3.63, 3.8) is 0 Å². The molecule has 0 aliphatic carbocycles. The smallest absolute Gasteiger partial charge is 0.337 e. The maximum absolute atomic E-state index is 11.6. The summed E-state index contributed by atoms with van der Waals surface area (Å²) in [6, 6.07) is 7.67. The number of rotatable bonds is 4. The molecule has 2 N–H and O–H groups in total. The maximum atomic E-state index is 11.6. The first-order valence-corrected chi connectivity index (χ1v) is 6.88. The summed E-state index contributed by atoms with van der Waals surface area (Å²) in [5.41, 5.74) is 7.36. The van der Waals surface area contributed by atoms with Crippen molar-refractivity contribution in [2.45, 2.75) is 19.3 Å². The Kier molecular flexibility index (Phi) is 4.80. The molecule has 0 amide bonds. The van der Waals surface area contributed by atoms with Crippen LogP contribution in [0.15, 0.2) is 24.3 Å². The number of piperidine rings is 1. The number of methoxy groups -OCH3 is 1. The van der Waals surface area contributed by atoms with E-state index in [2.05, 4.69) is 11.0 Å². The van der Waals surface area contributed by atoms with Crippen LogP contribution >= 0.6 is 0 Å². The van der Waals surface area contributed by atoms with Gasteiger partial charge in [0.15, 0.2) is 0 Å². The summed E-state index contributed by atoms with van der Waals surface area (Å²) in [5.74, 6) is 0.387. The highest BCUT2D eigenvalue weighted by Crippen LogP contribution is 2.25. The van der Waals surface area contributed by atoms with Gasteiger partial charge in [-0.1, -0.05) is 6.07 Å². The molecule has 1 aromatic rings. The Hall–Kier alpha value is -1.55. The normalized spacial score (nSPS) is 19.3. The molecule has 19 heavy (non-hydrogen) atoms. The number of benzene rings is 1. The molecule has 0 radical (unpaired) electrons. The van der Waals surface area contributed by atoms with Gasteiger partial charge >= 0.3 is 5.97 Å². The van der Waals surface area contributed by atoms with Crippen molar-refractivity contribution < 1.29 is 9.53 Å². The monoisotopic (exact) mass is 262 g/mol. The summed E-state index contributed by atoms with van der Waals surface area (Å²) < 4.78 is 4.76. The van der Waals surface area contributed by atoms with Gasteiger partial charge in [-0.15, -0.1) is 0 Å². The third-order valence-electron chi connectivity index (χ3n) is 3.73. The van der Waals surface area contributed by atoms with Gasteiger partial charge < -0.3 is 15.4 Å². The van der Waals surface area contributed by atoms with Crippen molar-refractivity contribution >= 4 is 11.7 Å². The van der Waals surface area contributed by atoms with E-state index in [1.807, 2.05) is 12.1 Å². The second-order valence-corrected chi connectivity index (χ2v) is 5.07. The highest BCUT2D eigenvalue weighted by atomic mass is 16.5. The van der Waals surface area contributed by atoms with Crippen molar-refractivity contribution in [1.82, 2.24) is 0 Å². The number of hydrogen-bond donors (Lipinski definition) is 1. The fourth-order valence-corrected chi connectivity index (χ4v) is 2.72. The minimum Gasteiger partial charge on any atom is -0.465 e. The van der Waals surface area contributed by atoms with Crippen LogP contribution in [0.4, 0.5) is 5.69 Å². The van der Waals surface area contributed by atoms with Crippen molar-refractivity contribution in [2.75, 3.05) is 31.6 Å². The summed E-state index contributed by atoms with van der Waals surface area (Å²) in [6.07, 6.45) is 3.52. The molecule has 1 aliphatic heterocycles. The minimum atomic E-state index is -0.280. The van der Waals surface area contributed by atoms with Gasteiger partial charge in [-0.2, -0.15) is 0 Å². The van der Waals surface area contributed by atoms with Crippen LogP contribution in [0.25, 0.3) is 0 Å². The van der Waals surface area contributed by atoms with Gasteiger partial charge in [0, 0.05) is 18.8 Å². The van der Waals surface area contributed by atoms with Crippen molar-refractivity contribution in [2.24, 2.45) is 11.7 Å². The van der Waals surface area contributed by atoms with Crippen LogP contribution in [0.5, 0.6) is 0 Å². The Balaban J connectivity index is 2.10. The molecular weight excluding hydrogens is 240 g/mol. The summed E-state index contributed by atoms with van der Waals surface area (Å²) in [4.78, 5) is 13.9. The first-order valence-electron chi connectivity index (χ1n) is 6.88. The fourth-order valence-electron chi connectivity index (χ4n) is 2.72. The first-order chi connectivity index (χ1) is 9.24. The molecule has 1 heterocycles. The van der Waals surface area contributed by atoms with Gasteiger partial charge in [-0.25, -0.2) is 4.79 Å². The number of ether oxygens (including phenoxy) is 1. The number of anilines is 1.